The molecule has 0 aliphatic carbocycles. The van der Waals surface area contributed by atoms with Gasteiger partial charge in [-0.1, -0.05) is 41.9 Å². The van der Waals surface area contributed by atoms with Crippen LogP contribution in [-0.4, -0.2) is 54.2 Å². The van der Waals surface area contributed by atoms with E-state index in [1.165, 1.54) is 0 Å². The molecule has 170 valence electrons. The van der Waals surface area contributed by atoms with Crippen LogP contribution in [0.15, 0.2) is 48.5 Å². The van der Waals surface area contributed by atoms with E-state index < -0.39 is 5.60 Å². The number of halogens is 1. The molecule has 32 heavy (non-hydrogen) atoms. The summed E-state index contributed by atoms with van der Waals surface area (Å²) in [5, 5.41) is 9.97. The third-order valence-corrected chi connectivity index (χ3v) is 5.47. The first-order chi connectivity index (χ1) is 15.2. The zero-order valence-corrected chi connectivity index (χ0v) is 19.6. The Morgan fingerprint density at radius 3 is 2.44 bits per heavy atom. The highest BCUT2D eigenvalue weighted by molar-refractivity contribution is 6.30. The van der Waals surface area contributed by atoms with Gasteiger partial charge in [-0.25, -0.2) is 4.79 Å². The average Bonchev–Trinajstić information content (AvgIpc) is 2.76. The first-order valence-corrected chi connectivity index (χ1v) is 11.2. The Bertz CT molecular complexity index is 945. The van der Waals surface area contributed by atoms with Crippen LogP contribution in [-0.2, 0) is 4.74 Å². The van der Waals surface area contributed by atoms with Gasteiger partial charge in [0.25, 0.3) is 0 Å². The maximum absolute atomic E-state index is 12.3. The van der Waals surface area contributed by atoms with E-state index in [9.17, 15) is 10.1 Å². The molecule has 3 rings (SSSR count). The lowest BCUT2D eigenvalue weighted by molar-refractivity contribution is 0.0135. The minimum absolute atomic E-state index is 0.217. The number of benzene rings is 2. The highest BCUT2D eigenvalue weighted by Crippen LogP contribution is 2.30. The van der Waals surface area contributed by atoms with Gasteiger partial charge in [0.05, 0.1) is 5.56 Å². The predicted octanol–water partition coefficient (Wildman–Crippen LogP) is 5.27. The molecular weight excluding hydrogens is 426 g/mol. The monoisotopic (exact) mass is 455 g/mol. The van der Waals surface area contributed by atoms with Crippen LogP contribution in [0.4, 0.5) is 4.79 Å². The van der Waals surface area contributed by atoms with E-state index in [1.54, 1.807) is 23.1 Å². The summed E-state index contributed by atoms with van der Waals surface area (Å²) in [4.78, 5) is 16.4. The first kappa shape index (κ1) is 23.9. The molecule has 0 bridgehead atoms. The van der Waals surface area contributed by atoms with Gasteiger partial charge in [-0.05, 0) is 38.5 Å². The molecule has 6 nitrogen and oxygen atoms in total. The maximum Gasteiger partial charge on any atom is 0.410 e. The number of hydrogen-bond donors (Lipinski definition) is 0. The number of piperazine rings is 1. The summed E-state index contributed by atoms with van der Waals surface area (Å²) in [6, 6.07) is 17.2. The van der Waals surface area contributed by atoms with Crippen molar-refractivity contribution in [1.82, 2.24) is 9.80 Å². The lowest BCUT2D eigenvalue weighted by Gasteiger charge is -2.36. The van der Waals surface area contributed by atoms with Crippen molar-refractivity contribution in [2.45, 2.75) is 38.9 Å². The Labute approximate surface area is 195 Å². The van der Waals surface area contributed by atoms with E-state index >= 15 is 0 Å². The van der Waals surface area contributed by atoms with E-state index in [0.717, 1.165) is 31.6 Å². The largest absolute Gasteiger partial charge is 0.484 e. The van der Waals surface area contributed by atoms with Crippen molar-refractivity contribution in [3.63, 3.8) is 0 Å². The van der Waals surface area contributed by atoms with E-state index in [4.69, 9.17) is 21.1 Å². The minimum atomic E-state index is -0.489. The Kier molecular flexibility index (Phi) is 8.00. The molecule has 2 aromatic carbocycles. The standard InChI is InChI=1S/C25H30ClN3O3/c1-25(2,3)32-24(30)29-15-13-28(14-16-29)12-11-22(19-7-5-4-6-8-19)31-23-17-21(26)10-9-20(23)18-27/h4-10,17,22H,11-16H2,1-3H3/t22-/m1/s1. The summed E-state index contributed by atoms with van der Waals surface area (Å²) in [5.74, 6) is 0.489. The van der Waals surface area contributed by atoms with Crippen molar-refractivity contribution in [3.05, 3.63) is 64.7 Å². The van der Waals surface area contributed by atoms with E-state index in [-0.39, 0.29) is 12.2 Å². The first-order valence-electron chi connectivity index (χ1n) is 10.9. The van der Waals surface area contributed by atoms with Crippen molar-refractivity contribution in [2.24, 2.45) is 0 Å². The SMILES string of the molecule is CC(C)(C)OC(=O)N1CCN(CC[C@@H](Oc2cc(Cl)ccc2C#N)c2ccccc2)CC1. The topological polar surface area (TPSA) is 65.8 Å². The molecule has 0 N–H and O–H groups in total. The molecule has 0 radical (unpaired) electrons. The zero-order valence-electron chi connectivity index (χ0n) is 18.9. The zero-order chi connectivity index (χ0) is 23.1. The molecule has 0 unspecified atom stereocenters. The number of carbonyl (C=O) groups is 1. The minimum Gasteiger partial charge on any atom is -0.484 e. The Morgan fingerprint density at radius 2 is 1.81 bits per heavy atom. The fourth-order valence-corrected chi connectivity index (χ4v) is 3.74. The molecular formula is C25H30ClN3O3. The van der Waals surface area contributed by atoms with Gasteiger partial charge in [0.15, 0.2) is 0 Å². The van der Waals surface area contributed by atoms with Gasteiger partial charge in [-0.15, -0.1) is 0 Å². The molecule has 0 spiro atoms. The van der Waals surface area contributed by atoms with Gasteiger partial charge >= 0.3 is 6.09 Å². The van der Waals surface area contributed by atoms with E-state index in [0.29, 0.717) is 29.4 Å². The van der Waals surface area contributed by atoms with Crippen LogP contribution in [0.2, 0.25) is 5.02 Å². The van der Waals surface area contributed by atoms with Crippen LogP contribution in [0.3, 0.4) is 0 Å². The lowest BCUT2D eigenvalue weighted by atomic mass is 10.1. The molecule has 1 aliphatic rings. The van der Waals surface area contributed by atoms with Crippen LogP contribution in [0.25, 0.3) is 0 Å². The van der Waals surface area contributed by atoms with E-state index in [2.05, 4.69) is 11.0 Å². The molecule has 2 aromatic rings. The number of carbonyl (C=O) groups excluding carboxylic acids is 1. The summed E-state index contributed by atoms with van der Waals surface area (Å²) in [5.41, 5.74) is 1.02. The summed E-state index contributed by atoms with van der Waals surface area (Å²) < 4.78 is 11.8. The third-order valence-electron chi connectivity index (χ3n) is 5.24. The molecule has 0 saturated carbocycles. The third kappa shape index (κ3) is 6.88. The summed E-state index contributed by atoms with van der Waals surface area (Å²) in [6.07, 6.45) is 0.270. The predicted molar refractivity (Wildman–Crippen MR) is 125 cm³/mol. The van der Waals surface area contributed by atoms with Crippen LogP contribution < -0.4 is 4.74 Å². The highest BCUT2D eigenvalue weighted by Gasteiger charge is 2.26. The fraction of sp³-hybridized carbons (Fsp3) is 0.440. The second-order valence-corrected chi connectivity index (χ2v) is 9.30. The number of amides is 1. The van der Waals surface area contributed by atoms with Crippen molar-refractivity contribution < 1.29 is 14.3 Å². The van der Waals surface area contributed by atoms with Crippen molar-refractivity contribution >= 4 is 17.7 Å². The number of hydrogen-bond acceptors (Lipinski definition) is 5. The Balaban J connectivity index is 1.62. The molecule has 1 fully saturated rings. The fourth-order valence-electron chi connectivity index (χ4n) is 3.58. The Morgan fingerprint density at radius 1 is 1.12 bits per heavy atom. The normalized spacial score (nSPS) is 15.7. The highest BCUT2D eigenvalue weighted by atomic mass is 35.5. The number of rotatable bonds is 6. The maximum atomic E-state index is 12.3. The van der Waals surface area contributed by atoms with Crippen LogP contribution in [0.1, 0.15) is 44.4 Å². The number of nitrogens with zero attached hydrogens (tertiary/aromatic N) is 3. The second-order valence-electron chi connectivity index (χ2n) is 8.87. The molecule has 7 heteroatoms. The van der Waals surface area contributed by atoms with Gasteiger partial charge in [-0.2, -0.15) is 5.26 Å². The quantitative estimate of drug-likeness (QED) is 0.593. The molecule has 1 atom stereocenters. The molecule has 1 heterocycles. The summed E-state index contributed by atoms with van der Waals surface area (Å²) in [6.45, 7) is 9.28. The van der Waals surface area contributed by atoms with Crippen LogP contribution in [0.5, 0.6) is 5.75 Å². The molecule has 1 amide bonds. The summed E-state index contributed by atoms with van der Waals surface area (Å²) in [7, 11) is 0. The number of ether oxygens (including phenoxy) is 2. The van der Waals surface area contributed by atoms with Crippen LogP contribution >= 0.6 is 11.6 Å². The lowest BCUT2D eigenvalue weighted by Crippen LogP contribution is -2.50. The van der Waals surface area contributed by atoms with Gasteiger partial charge in [0, 0.05) is 50.2 Å². The number of nitriles is 1. The van der Waals surface area contributed by atoms with Gasteiger partial charge < -0.3 is 14.4 Å². The van der Waals surface area contributed by atoms with Gasteiger partial charge in [0.1, 0.15) is 23.5 Å². The molecule has 1 saturated heterocycles. The summed E-state index contributed by atoms with van der Waals surface area (Å²) >= 11 is 6.14. The second kappa shape index (κ2) is 10.7. The van der Waals surface area contributed by atoms with Gasteiger partial charge in [0.2, 0.25) is 0 Å². The Hall–Kier alpha value is -2.75. The average molecular weight is 456 g/mol. The van der Waals surface area contributed by atoms with Crippen LogP contribution in [0, 0.1) is 11.3 Å². The van der Waals surface area contributed by atoms with Gasteiger partial charge in [-0.3, -0.25) is 4.90 Å². The molecule has 1 aliphatic heterocycles. The molecule has 0 aromatic heterocycles. The van der Waals surface area contributed by atoms with E-state index in [1.807, 2.05) is 51.1 Å². The van der Waals surface area contributed by atoms with Crippen molar-refractivity contribution in [2.75, 3.05) is 32.7 Å². The smallest absolute Gasteiger partial charge is 0.410 e. The van der Waals surface area contributed by atoms with Crippen molar-refractivity contribution in [1.29, 1.82) is 5.26 Å². The van der Waals surface area contributed by atoms with Crippen molar-refractivity contribution in [3.8, 4) is 11.8 Å².